The van der Waals surface area contributed by atoms with Crippen LogP contribution in [0.1, 0.15) is 70.6 Å². The van der Waals surface area contributed by atoms with Gasteiger partial charge in [-0.3, -0.25) is 4.79 Å². The Bertz CT molecular complexity index is 253. The lowest BCUT2D eigenvalue weighted by molar-refractivity contribution is -0.126. The van der Waals surface area contributed by atoms with Gasteiger partial charge in [-0.25, -0.2) is 0 Å². The predicted molar refractivity (Wildman–Crippen MR) is 75.8 cm³/mol. The highest BCUT2D eigenvalue weighted by Gasteiger charge is 2.24. The zero-order valence-electron chi connectivity index (χ0n) is 11.3. The average molecular weight is 272 g/mol. The first-order chi connectivity index (χ1) is 8.75. The maximum Gasteiger partial charge on any atom is 0.223 e. The van der Waals surface area contributed by atoms with Gasteiger partial charge in [-0.05, 0) is 38.5 Å². The second kappa shape index (κ2) is 7.37. The molecule has 0 saturated heterocycles. The van der Waals surface area contributed by atoms with Crippen LogP contribution < -0.4 is 5.32 Å². The molecule has 2 saturated carbocycles. The second-order valence-electron chi connectivity index (χ2n) is 6.00. The quantitative estimate of drug-likeness (QED) is 0.756. The molecule has 0 heterocycles. The van der Waals surface area contributed by atoms with Gasteiger partial charge in [0.05, 0.1) is 0 Å². The van der Waals surface area contributed by atoms with Crippen molar-refractivity contribution < 1.29 is 4.79 Å². The lowest BCUT2D eigenvalue weighted by atomic mass is 9.89. The molecule has 2 aliphatic carbocycles. The van der Waals surface area contributed by atoms with Gasteiger partial charge in [0, 0.05) is 17.3 Å². The lowest BCUT2D eigenvalue weighted by Gasteiger charge is -2.28. The number of hydrogen-bond acceptors (Lipinski definition) is 1. The highest BCUT2D eigenvalue weighted by Crippen LogP contribution is 2.25. The van der Waals surface area contributed by atoms with Gasteiger partial charge in [-0.2, -0.15) is 0 Å². The largest absolute Gasteiger partial charge is 0.353 e. The first kappa shape index (κ1) is 14.2. The minimum atomic E-state index is 0.277. The molecular weight excluding hydrogens is 246 g/mol. The van der Waals surface area contributed by atoms with E-state index < -0.39 is 0 Å². The second-order valence-corrected chi connectivity index (χ2v) is 6.62. The number of amides is 1. The maximum atomic E-state index is 12.3. The monoisotopic (exact) mass is 271 g/mol. The molecule has 18 heavy (non-hydrogen) atoms. The lowest BCUT2D eigenvalue weighted by Crippen LogP contribution is -2.41. The SMILES string of the molecule is O=C(NC1CCC(Cl)CC1)C1CCCCCCC1. The topological polar surface area (TPSA) is 29.1 Å². The molecule has 0 radical (unpaired) electrons. The van der Waals surface area contributed by atoms with Gasteiger partial charge in [-0.15, -0.1) is 11.6 Å². The van der Waals surface area contributed by atoms with Crippen molar-refractivity contribution in [3.8, 4) is 0 Å². The first-order valence-electron chi connectivity index (χ1n) is 7.70. The number of carbonyl (C=O) groups is 1. The van der Waals surface area contributed by atoms with E-state index in [-0.39, 0.29) is 5.92 Å². The Kier molecular flexibility index (Phi) is 5.81. The van der Waals surface area contributed by atoms with Crippen LogP contribution in [-0.2, 0) is 4.79 Å². The molecule has 2 nitrogen and oxygen atoms in total. The summed E-state index contributed by atoms with van der Waals surface area (Å²) in [6.45, 7) is 0. The third-order valence-corrected chi connectivity index (χ3v) is 4.92. The molecule has 104 valence electrons. The Morgan fingerprint density at radius 2 is 1.39 bits per heavy atom. The summed E-state index contributed by atoms with van der Waals surface area (Å²) in [5.41, 5.74) is 0. The molecule has 1 amide bonds. The number of nitrogens with one attached hydrogen (secondary N) is 1. The van der Waals surface area contributed by atoms with E-state index in [0.717, 1.165) is 38.5 Å². The van der Waals surface area contributed by atoms with E-state index >= 15 is 0 Å². The van der Waals surface area contributed by atoms with E-state index in [1.54, 1.807) is 0 Å². The normalized spacial score (nSPS) is 31.4. The van der Waals surface area contributed by atoms with E-state index in [1.807, 2.05) is 0 Å². The van der Waals surface area contributed by atoms with Crippen LogP contribution in [0.25, 0.3) is 0 Å². The van der Waals surface area contributed by atoms with Crippen molar-refractivity contribution >= 4 is 17.5 Å². The fraction of sp³-hybridized carbons (Fsp3) is 0.933. The first-order valence-corrected chi connectivity index (χ1v) is 8.14. The molecule has 0 aromatic carbocycles. The number of carbonyl (C=O) groups excluding carboxylic acids is 1. The molecular formula is C15H26ClNO. The minimum Gasteiger partial charge on any atom is -0.353 e. The molecule has 0 bridgehead atoms. The van der Waals surface area contributed by atoms with Crippen molar-refractivity contribution in [3.05, 3.63) is 0 Å². The van der Waals surface area contributed by atoms with Crippen LogP contribution in [0.3, 0.4) is 0 Å². The van der Waals surface area contributed by atoms with Crippen LogP contribution >= 0.6 is 11.6 Å². The van der Waals surface area contributed by atoms with Gasteiger partial charge in [0.15, 0.2) is 0 Å². The Morgan fingerprint density at radius 1 is 0.833 bits per heavy atom. The van der Waals surface area contributed by atoms with Gasteiger partial charge in [0.1, 0.15) is 0 Å². The van der Waals surface area contributed by atoms with Gasteiger partial charge < -0.3 is 5.32 Å². The highest BCUT2D eigenvalue weighted by molar-refractivity contribution is 6.20. The number of alkyl halides is 1. The molecule has 0 spiro atoms. The summed E-state index contributed by atoms with van der Waals surface area (Å²) >= 11 is 6.09. The third kappa shape index (κ3) is 4.46. The van der Waals surface area contributed by atoms with E-state index in [1.165, 1.54) is 32.1 Å². The Labute approximate surface area is 116 Å². The summed E-state index contributed by atoms with van der Waals surface area (Å²) in [7, 11) is 0. The van der Waals surface area contributed by atoms with Gasteiger partial charge in [0.25, 0.3) is 0 Å². The smallest absolute Gasteiger partial charge is 0.223 e. The van der Waals surface area contributed by atoms with Crippen LogP contribution in [0.15, 0.2) is 0 Å². The molecule has 0 aromatic heterocycles. The Morgan fingerprint density at radius 3 is 2.00 bits per heavy atom. The molecule has 2 rings (SSSR count). The molecule has 2 aliphatic rings. The molecule has 0 unspecified atom stereocenters. The summed E-state index contributed by atoms with van der Waals surface area (Å²) in [4.78, 5) is 12.3. The molecule has 0 aromatic rings. The molecule has 0 aliphatic heterocycles. The van der Waals surface area contributed by atoms with E-state index in [4.69, 9.17) is 11.6 Å². The van der Waals surface area contributed by atoms with Crippen LogP contribution in [0.4, 0.5) is 0 Å². The molecule has 1 N–H and O–H groups in total. The van der Waals surface area contributed by atoms with Crippen molar-refractivity contribution in [2.24, 2.45) is 5.92 Å². The highest BCUT2D eigenvalue weighted by atomic mass is 35.5. The summed E-state index contributed by atoms with van der Waals surface area (Å²) < 4.78 is 0. The Hall–Kier alpha value is -0.240. The molecule has 0 atom stereocenters. The van der Waals surface area contributed by atoms with Crippen molar-refractivity contribution in [1.29, 1.82) is 0 Å². The van der Waals surface area contributed by atoms with Crippen molar-refractivity contribution in [1.82, 2.24) is 5.32 Å². The average Bonchev–Trinajstić information content (AvgIpc) is 2.31. The predicted octanol–water partition coefficient (Wildman–Crippen LogP) is 4.01. The van der Waals surface area contributed by atoms with Crippen LogP contribution in [0, 0.1) is 5.92 Å². The number of halogens is 1. The minimum absolute atomic E-state index is 0.277. The van der Waals surface area contributed by atoms with Gasteiger partial charge in [-0.1, -0.05) is 32.1 Å². The van der Waals surface area contributed by atoms with Crippen molar-refractivity contribution in [3.63, 3.8) is 0 Å². The maximum absolute atomic E-state index is 12.3. The zero-order chi connectivity index (χ0) is 12.8. The van der Waals surface area contributed by atoms with Crippen molar-refractivity contribution in [2.45, 2.75) is 82.0 Å². The molecule has 2 fully saturated rings. The Balaban J connectivity index is 1.75. The molecule has 3 heteroatoms. The summed E-state index contributed by atoms with van der Waals surface area (Å²) in [5, 5.41) is 3.59. The van der Waals surface area contributed by atoms with Crippen LogP contribution in [0.5, 0.6) is 0 Å². The number of hydrogen-bond donors (Lipinski definition) is 1. The standard InChI is InChI=1S/C15H26ClNO/c16-13-8-10-14(11-9-13)17-15(18)12-6-4-2-1-3-5-7-12/h12-14H,1-11H2,(H,17,18). The van der Waals surface area contributed by atoms with Gasteiger partial charge in [0.2, 0.25) is 5.91 Å². The van der Waals surface area contributed by atoms with E-state index in [0.29, 0.717) is 17.3 Å². The fourth-order valence-corrected chi connectivity index (χ4v) is 3.49. The fourth-order valence-electron chi connectivity index (χ4n) is 3.23. The summed E-state index contributed by atoms with van der Waals surface area (Å²) in [6.07, 6.45) is 12.8. The van der Waals surface area contributed by atoms with E-state index in [9.17, 15) is 4.79 Å². The summed E-state index contributed by atoms with van der Waals surface area (Å²) in [6, 6.07) is 0.387. The summed E-state index contributed by atoms with van der Waals surface area (Å²) in [5.74, 6) is 0.592. The van der Waals surface area contributed by atoms with Crippen LogP contribution in [0.2, 0.25) is 0 Å². The van der Waals surface area contributed by atoms with E-state index in [2.05, 4.69) is 5.32 Å². The number of rotatable bonds is 2. The van der Waals surface area contributed by atoms with Gasteiger partial charge >= 0.3 is 0 Å². The van der Waals surface area contributed by atoms with Crippen LogP contribution in [-0.4, -0.2) is 17.3 Å². The third-order valence-electron chi connectivity index (χ3n) is 4.48. The zero-order valence-corrected chi connectivity index (χ0v) is 12.1. The van der Waals surface area contributed by atoms with Crippen molar-refractivity contribution in [2.75, 3.05) is 0 Å².